The molecule has 1 saturated heterocycles. The zero-order chi connectivity index (χ0) is 22.0. The van der Waals surface area contributed by atoms with E-state index in [1.807, 2.05) is 4.90 Å². The van der Waals surface area contributed by atoms with Crippen LogP contribution in [-0.2, 0) is 16.6 Å². The van der Waals surface area contributed by atoms with Gasteiger partial charge in [0.2, 0.25) is 10.0 Å². The van der Waals surface area contributed by atoms with Gasteiger partial charge in [-0.25, -0.2) is 8.42 Å². The molecule has 1 fully saturated rings. The molecule has 2 aliphatic rings. The summed E-state index contributed by atoms with van der Waals surface area (Å²) in [6.07, 6.45) is 2.02. The van der Waals surface area contributed by atoms with E-state index in [1.165, 1.54) is 24.6 Å². The van der Waals surface area contributed by atoms with Gasteiger partial charge in [0.15, 0.2) is 0 Å². The molecule has 8 nitrogen and oxygen atoms in total. The number of sulfonamides is 1. The summed E-state index contributed by atoms with van der Waals surface area (Å²) >= 11 is 0. The van der Waals surface area contributed by atoms with Crippen LogP contribution in [0, 0.1) is 0 Å². The number of nitrogens with zero attached hydrogens (tertiary/aromatic N) is 2. The first-order valence-corrected chi connectivity index (χ1v) is 11.6. The second kappa shape index (κ2) is 8.76. The van der Waals surface area contributed by atoms with Crippen molar-refractivity contribution in [3.05, 3.63) is 47.5 Å². The Labute approximate surface area is 182 Å². The number of hydrogen-bond donors (Lipinski definition) is 0. The lowest BCUT2D eigenvalue weighted by atomic mass is 10.1. The summed E-state index contributed by atoms with van der Waals surface area (Å²) in [5.74, 6) is 1.22. The first-order chi connectivity index (χ1) is 14.9. The molecule has 0 atom stereocenters. The molecule has 31 heavy (non-hydrogen) atoms. The van der Waals surface area contributed by atoms with Crippen molar-refractivity contribution in [1.82, 2.24) is 9.21 Å². The summed E-state index contributed by atoms with van der Waals surface area (Å²) in [4.78, 5) is 14.7. The number of carbonyl (C=O) groups excluding carboxylic acids is 1. The number of benzene rings is 2. The molecule has 0 bridgehead atoms. The average Bonchev–Trinajstić information content (AvgIpc) is 3.24. The van der Waals surface area contributed by atoms with Crippen LogP contribution in [0.25, 0.3) is 0 Å². The van der Waals surface area contributed by atoms with Crippen molar-refractivity contribution in [2.75, 3.05) is 40.5 Å². The Balaban J connectivity index is 1.66. The molecule has 2 heterocycles. The number of hydrogen-bond acceptors (Lipinski definition) is 6. The van der Waals surface area contributed by atoms with Crippen LogP contribution in [0.2, 0.25) is 0 Å². The Morgan fingerprint density at radius 1 is 1.00 bits per heavy atom. The lowest BCUT2D eigenvalue weighted by molar-refractivity contribution is 0.0792. The Bertz CT molecular complexity index is 1080. The normalized spacial score (nSPS) is 16.9. The minimum Gasteiger partial charge on any atom is -0.497 e. The molecule has 0 spiro atoms. The lowest BCUT2D eigenvalue weighted by Gasteiger charge is -2.21. The van der Waals surface area contributed by atoms with E-state index in [4.69, 9.17) is 14.2 Å². The average molecular weight is 447 g/mol. The Kier molecular flexibility index (Phi) is 6.06. The molecule has 1 amide bonds. The molecular weight excluding hydrogens is 420 g/mol. The Morgan fingerprint density at radius 2 is 1.77 bits per heavy atom. The SMILES string of the molecule is COc1ccc(OC)c(S(=O)(=O)N2CCOc3ccc(C(=O)N4CCCC4)cc3C2)c1. The Morgan fingerprint density at radius 3 is 2.48 bits per heavy atom. The third-order valence-electron chi connectivity index (χ3n) is 5.63. The van der Waals surface area contributed by atoms with E-state index in [2.05, 4.69) is 0 Å². The van der Waals surface area contributed by atoms with Gasteiger partial charge < -0.3 is 19.1 Å². The van der Waals surface area contributed by atoms with Crippen molar-refractivity contribution >= 4 is 15.9 Å². The monoisotopic (exact) mass is 446 g/mol. The summed E-state index contributed by atoms with van der Waals surface area (Å²) in [7, 11) is -0.991. The maximum absolute atomic E-state index is 13.5. The molecule has 0 radical (unpaired) electrons. The smallest absolute Gasteiger partial charge is 0.253 e. The molecule has 2 aliphatic heterocycles. The van der Waals surface area contributed by atoms with Gasteiger partial charge in [-0.05, 0) is 43.2 Å². The van der Waals surface area contributed by atoms with E-state index in [1.54, 1.807) is 30.3 Å². The van der Waals surface area contributed by atoms with Gasteiger partial charge in [0.05, 0.1) is 14.2 Å². The van der Waals surface area contributed by atoms with Gasteiger partial charge in [-0.3, -0.25) is 4.79 Å². The highest BCUT2D eigenvalue weighted by atomic mass is 32.2. The van der Waals surface area contributed by atoms with Gasteiger partial charge in [0, 0.05) is 43.4 Å². The predicted octanol–water partition coefficient (Wildman–Crippen LogP) is 2.52. The lowest BCUT2D eigenvalue weighted by Crippen LogP contribution is -2.33. The summed E-state index contributed by atoms with van der Waals surface area (Å²) < 4.78 is 44.6. The van der Waals surface area contributed by atoms with Crippen molar-refractivity contribution in [3.8, 4) is 17.2 Å². The van der Waals surface area contributed by atoms with E-state index in [9.17, 15) is 13.2 Å². The molecule has 0 saturated carbocycles. The molecule has 4 rings (SSSR count). The summed E-state index contributed by atoms with van der Waals surface area (Å²) in [6, 6.07) is 9.91. The molecule has 9 heteroatoms. The third kappa shape index (κ3) is 4.20. The fourth-order valence-electron chi connectivity index (χ4n) is 3.94. The van der Waals surface area contributed by atoms with E-state index >= 15 is 0 Å². The number of carbonyl (C=O) groups is 1. The third-order valence-corrected chi connectivity index (χ3v) is 7.50. The predicted molar refractivity (Wildman–Crippen MR) is 114 cm³/mol. The Hall–Kier alpha value is -2.78. The summed E-state index contributed by atoms with van der Waals surface area (Å²) in [5.41, 5.74) is 1.20. The van der Waals surface area contributed by atoms with Crippen molar-refractivity contribution in [2.24, 2.45) is 0 Å². The van der Waals surface area contributed by atoms with E-state index < -0.39 is 10.0 Å². The van der Waals surface area contributed by atoms with Crippen LogP contribution in [0.15, 0.2) is 41.3 Å². The second-order valence-corrected chi connectivity index (χ2v) is 9.43. The van der Waals surface area contributed by atoms with Crippen LogP contribution < -0.4 is 14.2 Å². The van der Waals surface area contributed by atoms with E-state index in [-0.39, 0.29) is 36.2 Å². The van der Waals surface area contributed by atoms with Crippen LogP contribution >= 0.6 is 0 Å². The molecule has 0 aliphatic carbocycles. The quantitative estimate of drug-likeness (QED) is 0.702. The summed E-state index contributed by atoms with van der Waals surface area (Å²) in [5, 5.41) is 0. The fraction of sp³-hybridized carbons (Fsp3) is 0.409. The maximum atomic E-state index is 13.5. The van der Waals surface area contributed by atoms with Crippen LogP contribution in [0.3, 0.4) is 0 Å². The van der Waals surface area contributed by atoms with Crippen molar-refractivity contribution < 1.29 is 27.4 Å². The second-order valence-electron chi connectivity index (χ2n) is 7.53. The number of amides is 1. The molecule has 0 unspecified atom stereocenters. The topological polar surface area (TPSA) is 85.4 Å². The number of methoxy groups -OCH3 is 2. The van der Waals surface area contributed by atoms with Gasteiger partial charge in [-0.2, -0.15) is 4.31 Å². The van der Waals surface area contributed by atoms with Gasteiger partial charge in [0.1, 0.15) is 28.8 Å². The van der Waals surface area contributed by atoms with Gasteiger partial charge in [-0.1, -0.05) is 0 Å². The molecule has 166 valence electrons. The van der Waals surface area contributed by atoms with Crippen LogP contribution in [0.5, 0.6) is 17.2 Å². The first-order valence-electron chi connectivity index (χ1n) is 10.2. The first kappa shape index (κ1) is 21.5. The highest BCUT2D eigenvalue weighted by Crippen LogP contribution is 2.33. The molecule has 0 aromatic heterocycles. The van der Waals surface area contributed by atoms with Crippen molar-refractivity contribution in [2.45, 2.75) is 24.3 Å². The molecule has 2 aromatic rings. The number of likely N-dealkylation sites (tertiary alicyclic amines) is 1. The zero-order valence-electron chi connectivity index (χ0n) is 17.7. The van der Waals surface area contributed by atoms with E-state index in [0.717, 1.165) is 25.9 Å². The van der Waals surface area contributed by atoms with Crippen LogP contribution in [0.4, 0.5) is 0 Å². The molecule has 2 aromatic carbocycles. The number of rotatable bonds is 5. The van der Waals surface area contributed by atoms with Gasteiger partial charge >= 0.3 is 0 Å². The fourth-order valence-corrected chi connectivity index (χ4v) is 5.51. The highest BCUT2D eigenvalue weighted by Gasteiger charge is 2.31. The van der Waals surface area contributed by atoms with Crippen LogP contribution in [-0.4, -0.2) is 64.0 Å². The standard InChI is InChI=1S/C22H26N2O6S/c1-28-18-6-8-20(29-2)21(14-18)31(26,27)24-11-12-30-19-7-5-16(13-17(19)15-24)22(25)23-9-3-4-10-23/h5-8,13-14H,3-4,9-12,15H2,1-2H3. The van der Waals surface area contributed by atoms with Crippen molar-refractivity contribution in [1.29, 1.82) is 0 Å². The minimum absolute atomic E-state index is 0.0297. The van der Waals surface area contributed by atoms with E-state index in [0.29, 0.717) is 22.6 Å². The molecular formula is C22H26N2O6S. The molecule has 0 N–H and O–H groups in total. The number of ether oxygens (including phenoxy) is 3. The van der Waals surface area contributed by atoms with Crippen molar-refractivity contribution in [3.63, 3.8) is 0 Å². The number of fused-ring (bicyclic) bond motifs is 1. The largest absolute Gasteiger partial charge is 0.497 e. The highest BCUT2D eigenvalue weighted by molar-refractivity contribution is 7.89. The zero-order valence-corrected chi connectivity index (χ0v) is 18.5. The summed E-state index contributed by atoms with van der Waals surface area (Å²) in [6.45, 7) is 1.98. The van der Waals surface area contributed by atoms with Gasteiger partial charge in [0.25, 0.3) is 5.91 Å². The van der Waals surface area contributed by atoms with Crippen LogP contribution in [0.1, 0.15) is 28.8 Å². The minimum atomic E-state index is -3.90. The van der Waals surface area contributed by atoms with Gasteiger partial charge in [-0.15, -0.1) is 0 Å². The maximum Gasteiger partial charge on any atom is 0.253 e.